The van der Waals surface area contributed by atoms with Gasteiger partial charge in [0.1, 0.15) is 5.69 Å². The van der Waals surface area contributed by atoms with E-state index in [9.17, 15) is 4.79 Å². The number of amides is 1. The summed E-state index contributed by atoms with van der Waals surface area (Å²) >= 11 is 1.42. The number of ether oxygens (including phenoxy) is 2. The number of aromatic nitrogens is 3. The van der Waals surface area contributed by atoms with Gasteiger partial charge in [0.15, 0.2) is 16.3 Å². The van der Waals surface area contributed by atoms with Crippen LogP contribution in [0.2, 0.25) is 0 Å². The fourth-order valence-corrected chi connectivity index (χ4v) is 3.54. The molecule has 0 aliphatic carbocycles. The first-order valence-electron chi connectivity index (χ1n) is 7.26. The SMILES string of the molecule is COc1cc2sc(=NC(=O)c3cc(C)nn3C)n(C)c2cc1OC. The zero-order chi connectivity index (χ0) is 17.4. The molecule has 0 N–H and O–H groups in total. The molecule has 7 nitrogen and oxygen atoms in total. The van der Waals surface area contributed by atoms with Crippen LogP contribution in [0.5, 0.6) is 11.5 Å². The van der Waals surface area contributed by atoms with Crippen molar-refractivity contribution < 1.29 is 14.3 Å². The van der Waals surface area contributed by atoms with Crippen molar-refractivity contribution in [1.29, 1.82) is 0 Å². The van der Waals surface area contributed by atoms with Crippen molar-refractivity contribution >= 4 is 27.5 Å². The lowest BCUT2D eigenvalue weighted by atomic mass is 10.3. The third-order valence-electron chi connectivity index (χ3n) is 3.73. The monoisotopic (exact) mass is 346 g/mol. The van der Waals surface area contributed by atoms with Crippen LogP contribution in [0.4, 0.5) is 0 Å². The Balaban J connectivity index is 2.14. The maximum atomic E-state index is 12.4. The van der Waals surface area contributed by atoms with Crippen LogP contribution in [0, 0.1) is 6.92 Å². The van der Waals surface area contributed by atoms with Gasteiger partial charge in [-0.15, -0.1) is 0 Å². The Morgan fingerprint density at radius 3 is 2.42 bits per heavy atom. The van der Waals surface area contributed by atoms with E-state index in [1.54, 1.807) is 32.0 Å². The van der Waals surface area contributed by atoms with Crippen LogP contribution >= 0.6 is 11.3 Å². The summed E-state index contributed by atoms with van der Waals surface area (Å²) in [7, 11) is 6.79. The first-order valence-corrected chi connectivity index (χ1v) is 8.07. The van der Waals surface area contributed by atoms with Gasteiger partial charge in [0.2, 0.25) is 0 Å². The predicted octanol–water partition coefficient (Wildman–Crippen LogP) is 2.04. The zero-order valence-corrected chi connectivity index (χ0v) is 15.0. The van der Waals surface area contributed by atoms with E-state index in [0.29, 0.717) is 22.0 Å². The number of thiazole rings is 1. The molecule has 0 radical (unpaired) electrons. The van der Waals surface area contributed by atoms with Crippen molar-refractivity contribution in [2.75, 3.05) is 14.2 Å². The molecule has 3 rings (SSSR count). The lowest BCUT2D eigenvalue weighted by Crippen LogP contribution is -2.15. The maximum absolute atomic E-state index is 12.4. The summed E-state index contributed by atoms with van der Waals surface area (Å²) in [4.78, 5) is 17.3. The highest BCUT2D eigenvalue weighted by Crippen LogP contribution is 2.33. The summed E-state index contributed by atoms with van der Waals surface area (Å²) in [5.41, 5.74) is 2.16. The number of hydrogen-bond acceptors (Lipinski definition) is 5. The van der Waals surface area contributed by atoms with E-state index in [0.717, 1.165) is 15.9 Å². The highest BCUT2D eigenvalue weighted by molar-refractivity contribution is 7.16. The number of benzene rings is 1. The highest BCUT2D eigenvalue weighted by Gasteiger charge is 2.14. The molecular weight excluding hydrogens is 328 g/mol. The second-order valence-electron chi connectivity index (χ2n) is 5.33. The van der Waals surface area contributed by atoms with Crippen LogP contribution in [-0.4, -0.2) is 34.5 Å². The van der Waals surface area contributed by atoms with Crippen molar-refractivity contribution in [2.24, 2.45) is 19.1 Å². The second kappa shape index (κ2) is 6.12. The molecule has 8 heteroatoms. The summed E-state index contributed by atoms with van der Waals surface area (Å²) in [6.07, 6.45) is 0. The molecule has 0 unspecified atom stereocenters. The number of carbonyl (C=O) groups excluding carboxylic acids is 1. The molecule has 0 saturated carbocycles. The van der Waals surface area contributed by atoms with Gasteiger partial charge in [0.25, 0.3) is 5.91 Å². The molecule has 126 valence electrons. The number of aryl methyl sites for hydroxylation is 3. The molecule has 2 heterocycles. The van der Waals surface area contributed by atoms with Gasteiger partial charge in [0.05, 0.1) is 30.1 Å². The minimum absolute atomic E-state index is 0.320. The molecule has 0 fully saturated rings. The molecule has 0 spiro atoms. The van der Waals surface area contributed by atoms with E-state index in [4.69, 9.17) is 9.47 Å². The highest BCUT2D eigenvalue weighted by atomic mass is 32.1. The van der Waals surface area contributed by atoms with Gasteiger partial charge in [-0.05, 0) is 13.0 Å². The summed E-state index contributed by atoms with van der Waals surface area (Å²) in [5, 5.41) is 4.18. The number of methoxy groups -OCH3 is 2. The molecule has 0 aliphatic heterocycles. The number of hydrogen-bond donors (Lipinski definition) is 0. The van der Waals surface area contributed by atoms with E-state index in [-0.39, 0.29) is 5.91 Å². The van der Waals surface area contributed by atoms with Crippen molar-refractivity contribution in [3.8, 4) is 11.5 Å². The molecule has 0 aliphatic rings. The van der Waals surface area contributed by atoms with E-state index in [1.807, 2.05) is 30.7 Å². The Kier molecular flexibility index (Phi) is 4.15. The van der Waals surface area contributed by atoms with Crippen LogP contribution in [-0.2, 0) is 14.1 Å². The van der Waals surface area contributed by atoms with Gasteiger partial charge in [0, 0.05) is 26.2 Å². The zero-order valence-electron chi connectivity index (χ0n) is 14.2. The molecule has 0 atom stereocenters. The fraction of sp³-hybridized carbons (Fsp3) is 0.312. The van der Waals surface area contributed by atoms with Gasteiger partial charge in [-0.25, -0.2) is 0 Å². The van der Waals surface area contributed by atoms with Crippen molar-refractivity contribution in [3.05, 3.63) is 34.4 Å². The number of carbonyl (C=O) groups is 1. The largest absolute Gasteiger partial charge is 0.493 e. The van der Waals surface area contributed by atoms with Crippen LogP contribution in [0.3, 0.4) is 0 Å². The number of fused-ring (bicyclic) bond motifs is 1. The first-order chi connectivity index (χ1) is 11.4. The second-order valence-corrected chi connectivity index (χ2v) is 6.34. The maximum Gasteiger partial charge on any atom is 0.297 e. The van der Waals surface area contributed by atoms with Crippen LogP contribution in [0.25, 0.3) is 10.2 Å². The molecule has 3 aromatic rings. The standard InChI is InChI=1S/C16H18N4O3S/c1-9-6-11(20(3)18-9)15(21)17-16-19(2)10-7-12(22-4)13(23-5)8-14(10)24-16/h6-8H,1-5H3. The van der Waals surface area contributed by atoms with Crippen LogP contribution < -0.4 is 14.3 Å². The Labute approximate surface area is 142 Å². The van der Waals surface area contributed by atoms with Crippen LogP contribution in [0.1, 0.15) is 16.2 Å². The molecule has 2 aromatic heterocycles. The summed E-state index contributed by atoms with van der Waals surface area (Å²) < 4.78 is 15.0. The molecule has 0 saturated heterocycles. The molecule has 1 aromatic carbocycles. The van der Waals surface area contributed by atoms with E-state index < -0.39 is 0 Å². The predicted molar refractivity (Wildman–Crippen MR) is 91.7 cm³/mol. The Morgan fingerprint density at radius 1 is 1.17 bits per heavy atom. The minimum atomic E-state index is -0.320. The van der Waals surface area contributed by atoms with E-state index >= 15 is 0 Å². The minimum Gasteiger partial charge on any atom is -0.493 e. The summed E-state index contributed by atoms with van der Waals surface area (Å²) in [6.45, 7) is 1.84. The third kappa shape index (κ3) is 2.69. The molecular formula is C16H18N4O3S. The third-order valence-corrected chi connectivity index (χ3v) is 4.83. The topological polar surface area (TPSA) is 70.6 Å². The average Bonchev–Trinajstić information content (AvgIpc) is 3.05. The lowest BCUT2D eigenvalue weighted by Gasteiger charge is -2.07. The van der Waals surface area contributed by atoms with Crippen molar-refractivity contribution in [2.45, 2.75) is 6.92 Å². The van der Waals surface area contributed by atoms with Gasteiger partial charge < -0.3 is 14.0 Å². The average molecular weight is 346 g/mol. The van der Waals surface area contributed by atoms with E-state index in [1.165, 1.54) is 11.3 Å². The summed E-state index contributed by atoms with van der Waals surface area (Å²) in [5.74, 6) is 0.963. The van der Waals surface area contributed by atoms with Crippen LogP contribution in [0.15, 0.2) is 23.2 Å². The summed E-state index contributed by atoms with van der Waals surface area (Å²) in [6, 6.07) is 5.49. The Hall–Kier alpha value is -2.61. The normalized spacial score (nSPS) is 12.0. The number of nitrogens with zero attached hydrogens (tertiary/aromatic N) is 4. The van der Waals surface area contributed by atoms with Crippen molar-refractivity contribution in [1.82, 2.24) is 14.3 Å². The first kappa shape index (κ1) is 16.3. The number of rotatable bonds is 3. The van der Waals surface area contributed by atoms with Gasteiger partial charge >= 0.3 is 0 Å². The van der Waals surface area contributed by atoms with E-state index in [2.05, 4.69) is 10.1 Å². The molecule has 24 heavy (non-hydrogen) atoms. The molecule has 1 amide bonds. The smallest absolute Gasteiger partial charge is 0.297 e. The molecule has 0 bridgehead atoms. The van der Waals surface area contributed by atoms with Crippen molar-refractivity contribution in [3.63, 3.8) is 0 Å². The van der Waals surface area contributed by atoms with Gasteiger partial charge in [-0.1, -0.05) is 11.3 Å². The van der Waals surface area contributed by atoms with Gasteiger partial charge in [-0.3, -0.25) is 9.48 Å². The van der Waals surface area contributed by atoms with Gasteiger partial charge in [-0.2, -0.15) is 10.1 Å². The quantitative estimate of drug-likeness (QED) is 0.728. The lowest BCUT2D eigenvalue weighted by molar-refractivity contribution is 0.0989. The Bertz CT molecular complexity index is 997. The Morgan fingerprint density at radius 2 is 1.83 bits per heavy atom. The fourth-order valence-electron chi connectivity index (χ4n) is 2.52.